The fourth-order valence-electron chi connectivity index (χ4n) is 1.47. The van der Waals surface area contributed by atoms with Crippen molar-refractivity contribution in [2.24, 2.45) is 0 Å². The minimum absolute atomic E-state index is 0.0630. The summed E-state index contributed by atoms with van der Waals surface area (Å²) < 4.78 is 4.35. The molecule has 0 unspecified atom stereocenters. The lowest BCUT2D eigenvalue weighted by atomic mass is 10.4. The van der Waals surface area contributed by atoms with Gasteiger partial charge < -0.3 is 9.67 Å². The van der Waals surface area contributed by atoms with Crippen LogP contribution in [0, 0.1) is 4.77 Å². The van der Waals surface area contributed by atoms with Crippen molar-refractivity contribution in [3.8, 4) is 0 Å². The highest BCUT2D eigenvalue weighted by atomic mass is 32.1. The molecule has 16 heavy (non-hydrogen) atoms. The molecule has 1 aromatic rings. The zero-order chi connectivity index (χ0) is 12.1. The van der Waals surface area contributed by atoms with Crippen molar-refractivity contribution in [1.82, 2.24) is 19.2 Å². The van der Waals surface area contributed by atoms with Gasteiger partial charge in [-0.05, 0) is 32.2 Å². The van der Waals surface area contributed by atoms with Crippen LogP contribution in [-0.2, 0) is 19.8 Å². The van der Waals surface area contributed by atoms with Crippen LogP contribution in [0.4, 0.5) is 0 Å². The van der Waals surface area contributed by atoms with Crippen molar-refractivity contribution in [2.75, 3.05) is 13.6 Å². The summed E-state index contributed by atoms with van der Waals surface area (Å²) in [6, 6.07) is 0. The number of aliphatic hydroxyl groups is 1. The normalized spacial score (nSPS) is 11.3. The fraction of sp³-hybridized carbons (Fsp3) is 0.800. The van der Waals surface area contributed by atoms with Crippen LogP contribution in [0.5, 0.6) is 0 Å². The average molecular weight is 244 g/mol. The minimum Gasteiger partial charge on any atom is -0.388 e. The molecule has 0 bridgehead atoms. The minimum atomic E-state index is -0.0630. The molecular formula is C10H20N4OS. The van der Waals surface area contributed by atoms with Crippen molar-refractivity contribution in [3.05, 3.63) is 10.6 Å². The molecule has 0 aliphatic rings. The molecule has 0 aliphatic carbocycles. The third kappa shape index (κ3) is 2.90. The van der Waals surface area contributed by atoms with Crippen LogP contribution in [0.25, 0.3) is 0 Å². The monoisotopic (exact) mass is 244 g/mol. The maximum Gasteiger partial charge on any atom is 0.199 e. The Balaban J connectivity index is 2.98. The molecule has 0 aliphatic heterocycles. The van der Waals surface area contributed by atoms with E-state index in [9.17, 15) is 5.11 Å². The quantitative estimate of drug-likeness (QED) is 0.765. The van der Waals surface area contributed by atoms with E-state index in [0.29, 0.717) is 17.3 Å². The van der Waals surface area contributed by atoms with E-state index in [1.54, 1.807) is 4.68 Å². The van der Waals surface area contributed by atoms with Crippen molar-refractivity contribution in [2.45, 2.75) is 40.1 Å². The molecule has 1 N–H and O–H groups in total. The molecule has 1 aromatic heterocycles. The Hall–Kier alpha value is -0.720. The predicted octanol–water partition coefficient (Wildman–Crippen LogP) is 1.23. The van der Waals surface area contributed by atoms with E-state index in [-0.39, 0.29) is 6.61 Å². The van der Waals surface area contributed by atoms with Crippen LogP contribution in [0.1, 0.15) is 26.1 Å². The Labute approximate surface area is 101 Å². The van der Waals surface area contributed by atoms with E-state index < -0.39 is 0 Å². The summed E-state index contributed by atoms with van der Waals surface area (Å²) in [6.07, 6.45) is 0.983. The van der Waals surface area contributed by atoms with E-state index in [0.717, 1.165) is 19.5 Å². The highest BCUT2D eigenvalue weighted by Crippen LogP contribution is 2.04. The van der Waals surface area contributed by atoms with Gasteiger partial charge in [-0.1, -0.05) is 13.8 Å². The number of aliphatic hydroxyl groups excluding tert-OH is 1. The van der Waals surface area contributed by atoms with Gasteiger partial charge in [0.25, 0.3) is 0 Å². The molecule has 1 heterocycles. The van der Waals surface area contributed by atoms with Crippen LogP contribution in [0.15, 0.2) is 0 Å². The molecular weight excluding hydrogens is 224 g/mol. The lowest BCUT2D eigenvalue weighted by molar-refractivity contribution is 0.252. The average Bonchev–Trinajstić information content (AvgIpc) is 2.57. The fourth-order valence-corrected chi connectivity index (χ4v) is 1.77. The molecule has 6 heteroatoms. The highest BCUT2D eigenvalue weighted by molar-refractivity contribution is 7.71. The highest BCUT2D eigenvalue weighted by Gasteiger charge is 2.09. The lowest BCUT2D eigenvalue weighted by Crippen LogP contribution is -2.22. The van der Waals surface area contributed by atoms with Crippen molar-refractivity contribution in [3.63, 3.8) is 0 Å². The summed E-state index contributed by atoms with van der Waals surface area (Å²) in [5.74, 6) is 0.649. The standard InChI is InChI=1S/C10H20N4OS/c1-4-6-13-9(7-15)11-14(10(13)16)8-12(3)5-2/h15H,4-8H2,1-3H3. The summed E-state index contributed by atoms with van der Waals surface area (Å²) in [7, 11) is 2.01. The first kappa shape index (κ1) is 13.3. The molecule has 5 nitrogen and oxygen atoms in total. The molecule has 0 radical (unpaired) electrons. The zero-order valence-corrected chi connectivity index (χ0v) is 11.0. The van der Waals surface area contributed by atoms with Crippen molar-refractivity contribution >= 4 is 12.2 Å². The number of rotatable bonds is 6. The summed E-state index contributed by atoms with van der Waals surface area (Å²) in [5.41, 5.74) is 0. The van der Waals surface area contributed by atoms with Gasteiger partial charge in [-0.2, -0.15) is 5.10 Å². The Bertz CT molecular complexity index is 385. The maximum absolute atomic E-state index is 9.22. The largest absolute Gasteiger partial charge is 0.388 e. The summed E-state index contributed by atoms with van der Waals surface area (Å²) in [5, 5.41) is 13.5. The third-order valence-electron chi connectivity index (χ3n) is 2.50. The van der Waals surface area contributed by atoms with Gasteiger partial charge in [0.1, 0.15) is 6.61 Å². The maximum atomic E-state index is 9.22. The first-order chi connectivity index (χ1) is 7.63. The van der Waals surface area contributed by atoms with Crippen molar-refractivity contribution < 1.29 is 5.11 Å². The summed E-state index contributed by atoms with van der Waals surface area (Å²) >= 11 is 5.34. The lowest BCUT2D eigenvalue weighted by Gasteiger charge is -2.12. The second kappa shape index (κ2) is 6.12. The van der Waals surface area contributed by atoms with E-state index in [2.05, 4.69) is 23.8 Å². The molecule has 0 amide bonds. The number of aromatic nitrogens is 3. The summed E-state index contributed by atoms with van der Waals surface area (Å²) in [6.45, 7) is 6.52. The molecule has 0 fully saturated rings. The van der Waals surface area contributed by atoms with Crippen LogP contribution in [0.3, 0.4) is 0 Å². The molecule has 0 spiro atoms. The second-order valence-corrected chi connectivity index (χ2v) is 4.19. The van der Waals surface area contributed by atoms with Crippen LogP contribution >= 0.6 is 12.2 Å². The molecule has 0 saturated heterocycles. The summed E-state index contributed by atoms with van der Waals surface area (Å²) in [4.78, 5) is 2.11. The first-order valence-electron chi connectivity index (χ1n) is 5.59. The third-order valence-corrected chi connectivity index (χ3v) is 2.93. The number of hydrogen-bond acceptors (Lipinski definition) is 4. The van der Waals surface area contributed by atoms with Gasteiger partial charge in [0.05, 0.1) is 6.67 Å². The van der Waals surface area contributed by atoms with Crippen molar-refractivity contribution in [1.29, 1.82) is 0 Å². The van der Waals surface area contributed by atoms with Gasteiger partial charge in [-0.25, -0.2) is 4.68 Å². The Morgan fingerprint density at radius 2 is 2.12 bits per heavy atom. The van der Waals surface area contributed by atoms with Gasteiger partial charge in [-0.3, -0.25) is 4.90 Å². The number of nitrogens with zero attached hydrogens (tertiary/aromatic N) is 4. The van der Waals surface area contributed by atoms with Crippen LogP contribution < -0.4 is 0 Å². The molecule has 0 atom stereocenters. The molecule has 1 rings (SSSR count). The molecule has 0 aromatic carbocycles. The first-order valence-corrected chi connectivity index (χ1v) is 6.00. The van der Waals surface area contributed by atoms with Crippen LogP contribution in [0.2, 0.25) is 0 Å². The van der Waals surface area contributed by atoms with E-state index >= 15 is 0 Å². The van der Waals surface area contributed by atoms with Crippen LogP contribution in [-0.4, -0.2) is 37.9 Å². The topological polar surface area (TPSA) is 46.2 Å². The molecule has 92 valence electrons. The smallest absolute Gasteiger partial charge is 0.199 e. The van der Waals surface area contributed by atoms with Gasteiger partial charge in [0.2, 0.25) is 0 Å². The Morgan fingerprint density at radius 3 is 2.62 bits per heavy atom. The van der Waals surface area contributed by atoms with E-state index in [4.69, 9.17) is 12.2 Å². The van der Waals surface area contributed by atoms with Gasteiger partial charge >= 0.3 is 0 Å². The SMILES string of the molecule is CCCn1c(CO)nn(CN(C)CC)c1=S. The van der Waals surface area contributed by atoms with Gasteiger partial charge in [0.15, 0.2) is 10.6 Å². The number of hydrogen-bond donors (Lipinski definition) is 1. The van der Waals surface area contributed by atoms with E-state index in [1.165, 1.54) is 0 Å². The second-order valence-electron chi connectivity index (χ2n) is 3.82. The Kier molecular flexibility index (Phi) is 5.11. The molecule has 0 saturated carbocycles. The zero-order valence-electron chi connectivity index (χ0n) is 10.2. The van der Waals surface area contributed by atoms with Gasteiger partial charge in [0, 0.05) is 6.54 Å². The van der Waals surface area contributed by atoms with Gasteiger partial charge in [-0.15, -0.1) is 0 Å². The Morgan fingerprint density at radius 1 is 1.44 bits per heavy atom. The van der Waals surface area contributed by atoms with E-state index in [1.807, 2.05) is 11.6 Å². The predicted molar refractivity (Wildman–Crippen MR) is 65.6 cm³/mol.